The van der Waals surface area contributed by atoms with E-state index in [2.05, 4.69) is 5.32 Å². The summed E-state index contributed by atoms with van der Waals surface area (Å²) in [6.07, 6.45) is 3.02. The van der Waals surface area contributed by atoms with Crippen molar-refractivity contribution in [2.75, 3.05) is 25.0 Å². The summed E-state index contributed by atoms with van der Waals surface area (Å²) in [5.74, 6) is 0.284. The lowest BCUT2D eigenvalue weighted by molar-refractivity contribution is -0.129. The van der Waals surface area contributed by atoms with Gasteiger partial charge in [-0.2, -0.15) is 0 Å². The molecule has 0 bridgehead atoms. The van der Waals surface area contributed by atoms with Gasteiger partial charge in [0, 0.05) is 36.9 Å². The molecular formula is C19H27N3O2. The highest BCUT2D eigenvalue weighted by atomic mass is 16.2. The van der Waals surface area contributed by atoms with Gasteiger partial charge < -0.3 is 15.1 Å². The average Bonchev–Trinajstić information content (AvgIpc) is 3.19. The first kappa shape index (κ1) is 16.8. The highest BCUT2D eigenvalue weighted by Gasteiger charge is 2.33. The Kier molecular flexibility index (Phi) is 4.78. The molecule has 0 spiro atoms. The summed E-state index contributed by atoms with van der Waals surface area (Å²) < 4.78 is 0. The van der Waals surface area contributed by atoms with E-state index in [0.29, 0.717) is 0 Å². The molecule has 0 radical (unpaired) electrons. The monoisotopic (exact) mass is 329 g/mol. The molecule has 1 atom stereocenters. The van der Waals surface area contributed by atoms with Gasteiger partial charge >= 0.3 is 0 Å². The Morgan fingerprint density at radius 3 is 2.50 bits per heavy atom. The SMILES string of the molecule is Cc1cc(C(=O)N2CCCC2)ccc1N[C@@H]1CCN(C(C)C)C1=O. The van der Waals surface area contributed by atoms with E-state index in [0.717, 1.165) is 55.7 Å². The molecule has 1 aromatic rings. The third-order valence-electron chi connectivity index (χ3n) is 5.06. The lowest BCUT2D eigenvalue weighted by atomic mass is 10.1. The van der Waals surface area contributed by atoms with E-state index in [-0.39, 0.29) is 23.9 Å². The topological polar surface area (TPSA) is 52.7 Å². The number of anilines is 1. The molecule has 2 aliphatic heterocycles. The van der Waals surface area contributed by atoms with Crippen LogP contribution < -0.4 is 5.32 Å². The van der Waals surface area contributed by atoms with Crippen molar-refractivity contribution < 1.29 is 9.59 Å². The molecule has 5 nitrogen and oxygen atoms in total. The summed E-state index contributed by atoms with van der Waals surface area (Å²) in [5, 5.41) is 3.36. The molecule has 0 aliphatic carbocycles. The highest BCUT2D eigenvalue weighted by molar-refractivity contribution is 5.95. The van der Waals surface area contributed by atoms with Crippen LogP contribution in [0.5, 0.6) is 0 Å². The zero-order valence-electron chi connectivity index (χ0n) is 14.8. The summed E-state index contributed by atoms with van der Waals surface area (Å²) >= 11 is 0. The fourth-order valence-corrected chi connectivity index (χ4v) is 3.60. The predicted octanol–water partition coefficient (Wildman–Crippen LogP) is 2.65. The van der Waals surface area contributed by atoms with Crippen LogP contribution in [0.15, 0.2) is 18.2 Å². The third kappa shape index (κ3) is 3.25. The van der Waals surface area contributed by atoms with Crippen molar-refractivity contribution in [3.8, 4) is 0 Å². The van der Waals surface area contributed by atoms with Gasteiger partial charge in [-0.25, -0.2) is 0 Å². The number of amides is 2. The van der Waals surface area contributed by atoms with E-state index in [1.54, 1.807) is 0 Å². The van der Waals surface area contributed by atoms with E-state index < -0.39 is 0 Å². The summed E-state index contributed by atoms with van der Waals surface area (Å²) in [5.41, 5.74) is 2.69. The fourth-order valence-electron chi connectivity index (χ4n) is 3.60. The number of carbonyl (C=O) groups is 2. The van der Waals surface area contributed by atoms with Gasteiger partial charge in [0.1, 0.15) is 6.04 Å². The van der Waals surface area contributed by atoms with Gasteiger partial charge in [0.15, 0.2) is 0 Å². The number of nitrogens with zero attached hydrogens (tertiary/aromatic N) is 2. The molecule has 0 unspecified atom stereocenters. The normalized spacial score (nSPS) is 21.0. The van der Waals surface area contributed by atoms with Gasteiger partial charge in [-0.05, 0) is 63.8 Å². The number of benzene rings is 1. The number of aryl methyl sites for hydroxylation is 1. The fraction of sp³-hybridized carbons (Fsp3) is 0.579. The van der Waals surface area contributed by atoms with Gasteiger partial charge in [0.25, 0.3) is 5.91 Å². The van der Waals surface area contributed by atoms with Crippen LogP contribution in [0, 0.1) is 6.92 Å². The van der Waals surface area contributed by atoms with Crippen LogP contribution >= 0.6 is 0 Å². The van der Waals surface area contributed by atoms with Crippen molar-refractivity contribution in [1.82, 2.24) is 9.80 Å². The van der Waals surface area contributed by atoms with Crippen LogP contribution in [-0.2, 0) is 4.79 Å². The molecule has 2 amide bonds. The van der Waals surface area contributed by atoms with Gasteiger partial charge in [0.05, 0.1) is 0 Å². The molecule has 0 aromatic heterocycles. The van der Waals surface area contributed by atoms with Crippen LogP contribution in [-0.4, -0.2) is 53.3 Å². The maximum absolute atomic E-state index is 12.5. The Morgan fingerprint density at radius 1 is 1.21 bits per heavy atom. The molecule has 2 saturated heterocycles. The van der Waals surface area contributed by atoms with Crippen molar-refractivity contribution in [2.45, 2.75) is 52.1 Å². The van der Waals surface area contributed by atoms with Gasteiger partial charge in [-0.3, -0.25) is 9.59 Å². The van der Waals surface area contributed by atoms with Crippen LogP contribution in [0.25, 0.3) is 0 Å². The first-order valence-electron chi connectivity index (χ1n) is 8.94. The smallest absolute Gasteiger partial charge is 0.253 e. The van der Waals surface area contributed by atoms with E-state index in [1.807, 2.05) is 48.8 Å². The standard InChI is InChI=1S/C19H27N3O2/c1-13(2)22-11-8-17(19(22)24)20-16-7-6-15(12-14(16)3)18(23)21-9-4-5-10-21/h6-7,12-13,17,20H,4-5,8-11H2,1-3H3/t17-/m1/s1. The first-order chi connectivity index (χ1) is 11.5. The van der Waals surface area contributed by atoms with Crippen molar-refractivity contribution >= 4 is 17.5 Å². The molecule has 5 heteroatoms. The maximum atomic E-state index is 12.5. The number of hydrogen-bond donors (Lipinski definition) is 1. The van der Waals surface area contributed by atoms with E-state index >= 15 is 0 Å². The minimum Gasteiger partial charge on any atom is -0.373 e. The molecular weight excluding hydrogens is 302 g/mol. The largest absolute Gasteiger partial charge is 0.373 e. The van der Waals surface area contributed by atoms with Crippen molar-refractivity contribution in [1.29, 1.82) is 0 Å². The molecule has 24 heavy (non-hydrogen) atoms. The molecule has 1 aromatic carbocycles. The summed E-state index contributed by atoms with van der Waals surface area (Å²) in [4.78, 5) is 28.7. The summed E-state index contributed by atoms with van der Waals surface area (Å²) in [6, 6.07) is 5.82. The number of nitrogens with one attached hydrogen (secondary N) is 1. The lowest BCUT2D eigenvalue weighted by Gasteiger charge is -2.22. The second-order valence-corrected chi connectivity index (χ2v) is 7.14. The Hall–Kier alpha value is -2.04. The lowest BCUT2D eigenvalue weighted by Crippen LogP contribution is -2.37. The number of likely N-dealkylation sites (tertiary alicyclic amines) is 2. The van der Waals surface area contributed by atoms with Gasteiger partial charge in [0.2, 0.25) is 5.91 Å². The number of hydrogen-bond acceptors (Lipinski definition) is 3. The predicted molar refractivity (Wildman–Crippen MR) is 95.2 cm³/mol. The second kappa shape index (κ2) is 6.83. The Bertz CT molecular complexity index is 635. The molecule has 2 heterocycles. The van der Waals surface area contributed by atoms with Crippen LogP contribution in [0.1, 0.15) is 49.0 Å². The van der Waals surface area contributed by atoms with Crippen molar-refractivity contribution in [3.05, 3.63) is 29.3 Å². The molecule has 1 N–H and O–H groups in total. The van der Waals surface area contributed by atoms with E-state index in [9.17, 15) is 9.59 Å². The third-order valence-corrected chi connectivity index (χ3v) is 5.06. The molecule has 130 valence electrons. The molecule has 2 fully saturated rings. The minimum atomic E-state index is -0.161. The van der Waals surface area contributed by atoms with E-state index in [1.165, 1.54) is 0 Å². The Morgan fingerprint density at radius 2 is 1.92 bits per heavy atom. The van der Waals surface area contributed by atoms with Gasteiger partial charge in [-0.1, -0.05) is 0 Å². The maximum Gasteiger partial charge on any atom is 0.253 e. The molecule has 2 aliphatic rings. The van der Waals surface area contributed by atoms with Gasteiger partial charge in [-0.15, -0.1) is 0 Å². The van der Waals surface area contributed by atoms with Crippen molar-refractivity contribution in [3.63, 3.8) is 0 Å². The Labute approximate surface area is 144 Å². The Balaban J connectivity index is 1.69. The summed E-state index contributed by atoms with van der Waals surface area (Å²) in [7, 11) is 0. The first-order valence-corrected chi connectivity index (χ1v) is 8.94. The van der Waals surface area contributed by atoms with Crippen LogP contribution in [0.3, 0.4) is 0 Å². The summed E-state index contributed by atoms with van der Waals surface area (Å²) in [6.45, 7) is 8.61. The second-order valence-electron chi connectivity index (χ2n) is 7.14. The number of rotatable bonds is 4. The minimum absolute atomic E-state index is 0.116. The van der Waals surface area contributed by atoms with Crippen LogP contribution in [0.4, 0.5) is 5.69 Å². The zero-order chi connectivity index (χ0) is 17.3. The number of carbonyl (C=O) groups excluding carboxylic acids is 2. The van der Waals surface area contributed by atoms with Crippen molar-refractivity contribution in [2.24, 2.45) is 0 Å². The zero-order valence-corrected chi connectivity index (χ0v) is 14.8. The molecule has 0 saturated carbocycles. The average molecular weight is 329 g/mol. The molecule has 3 rings (SSSR count). The highest BCUT2D eigenvalue weighted by Crippen LogP contribution is 2.23. The van der Waals surface area contributed by atoms with Crippen LogP contribution in [0.2, 0.25) is 0 Å². The van der Waals surface area contributed by atoms with E-state index in [4.69, 9.17) is 0 Å². The quantitative estimate of drug-likeness (QED) is 0.924.